The van der Waals surface area contributed by atoms with Crippen molar-refractivity contribution in [2.45, 2.75) is 52.2 Å². The molecule has 0 saturated carbocycles. The van der Waals surface area contributed by atoms with Crippen LogP contribution in [0.2, 0.25) is 0 Å². The highest BCUT2D eigenvalue weighted by atomic mass is 16.7. The molecule has 0 amide bonds. The van der Waals surface area contributed by atoms with Gasteiger partial charge in [-0.05, 0) is 51.2 Å². The number of carbonyl (C=O) groups is 1. The van der Waals surface area contributed by atoms with Crippen molar-refractivity contribution in [1.82, 2.24) is 0 Å². The van der Waals surface area contributed by atoms with Gasteiger partial charge in [0.1, 0.15) is 6.29 Å². The van der Waals surface area contributed by atoms with Gasteiger partial charge in [0.25, 0.3) is 0 Å². The highest BCUT2D eigenvalue weighted by Crippen LogP contribution is 2.36. The van der Waals surface area contributed by atoms with Crippen LogP contribution in [0.15, 0.2) is 18.2 Å². The molecule has 0 spiro atoms. The van der Waals surface area contributed by atoms with Gasteiger partial charge in [-0.15, -0.1) is 0 Å². The van der Waals surface area contributed by atoms with Crippen LogP contribution in [0.5, 0.6) is 0 Å². The molecule has 19 heavy (non-hydrogen) atoms. The van der Waals surface area contributed by atoms with Crippen LogP contribution in [-0.2, 0) is 20.5 Å². The van der Waals surface area contributed by atoms with Gasteiger partial charge in [-0.2, -0.15) is 0 Å². The lowest BCUT2D eigenvalue weighted by atomic mass is 9.77. The Morgan fingerprint density at radius 3 is 2.26 bits per heavy atom. The van der Waals surface area contributed by atoms with E-state index in [9.17, 15) is 4.79 Å². The molecule has 4 heteroatoms. The molecule has 2 rings (SSSR count). The second-order valence-electron chi connectivity index (χ2n) is 6.14. The first kappa shape index (κ1) is 14.3. The number of hydrogen-bond donors (Lipinski definition) is 0. The minimum atomic E-state index is -0.365. The van der Waals surface area contributed by atoms with Gasteiger partial charge in [0.15, 0.2) is 0 Å². The van der Waals surface area contributed by atoms with E-state index in [4.69, 9.17) is 9.31 Å². The fraction of sp³-hybridized carbons (Fsp3) is 0.533. The van der Waals surface area contributed by atoms with E-state index in [0.29, 0.717) is 6.42 Å². The third-order valence-electron chi connectivity index (χ3n) is 4.20. The third-order valence-corrected chi connectivity index (χ3v) is 4.20. The van der Waals surface area contributed by atoms with Crippen molar-refractivity contribution in [2.75, 3.05) is 0 Å². The molecule has 102 valence electrons. The van der Waals surface area contributed by atoms with Crippen molar-refractivity contribution in [1.29, 1.82) is 0 Å². The summed E-state index contributed by atoms with van der Waals surface area (Å²) < 4.78 is 12.0. The number of aldehydes is 1. The molecule has 0 aliphatic carbocycles. The molecule has 1 aliphatic rings. The first-order chi connectivity index (χ1) is 8.77. The topological polar surface area (TPSA) is 35.5 Å². The van der Waals surface area contributed by atoms with E-state index in [0.717, 1.165) is 22.9 Å². The summed E-state index contributed by atoms with van der Waals surface area (Å²) >= 11 is 0. The highest BCUT2D eigenvalue weighted by Gasteiger charge is 2.51. The average Bonchev–Trinajstić information content (AvgIpc) is 2.51. The summed E-state index contributed by atoms with van der Waals surface area (Å²) in [5.41, 5.74) is 2.44. The Kier molecular flexibility index (Phi) is 3.58. The van der Waals surface area contributed by atoms with E-state index in [2.05, 4.69) is 0 Å². The van der Waals surface area contributed by atoms with Crippen molar-refractivity contribution >= 4 is 18.9 Å². The standard InChI is InChI=1S/C15H21BO3/c1-11-6-7-13(10-12(11)8-9-17)16-18-14(2,3)15(4,5)19-16/h6-7,9-10H,8H2,1-5H3. The minimum absolute atomic E-state index is 0.340. The van der Waals surface area contributed by atoms with Crippen LogP contribution in [0.1, 0.15) is 38.8 Å². The molecule has 0 aromatic heterocycles. The predicted molar refractivity (Wildman–Crippen MR) is 76.7 cm³/mol. The number of hydrogen-bond acceptors (Lipinski definition) is 3. The van der Waals surface area contributed by atoms with Crippen molar-refractivity contribution in [3.8, 4) is 0 Å². The summed E-state index contributed by atoms with van der Waals surface area (Å²) in [6.45, 7) is 10.1. The zero-order chi connectivity index (χ0) is 14.3. The molecule has 0 N–H and O–H groups in total. The molecule has 1 aromatic carbocycles. The quantitative estimate of drug-likeness (QED) is 0.616. The molecule has 1 saturated heterocycles. The fourth-order valence-corrected chi connectivity index (χ4v) is 2.13. The summed E-state index contributed by atoms with van der Waals surface area (Å²) in [5.74, 6) is 0. The maximum Gasteiger partial charge on any atom is 0.494 e. The lowest BCUT2D eigenvalue weighted by Gasteiger charge is -2.32. The molecule has 1 fully saturated rings. The molecule has 0 unspecified atom stereocenters. The van der Waals surface area contributed by atoms with Gasteiger partial charge < -0.3 is 14.1 Å². The summed E-state index contributed by atoms with van der Waals surface area (Å²) in [7, 11) is -0.365. The van der Waals surface area contributed by atoms with Crippen molar-refractivity contribution in [3.63, 3.8) is 0 Å². The molecule has 0 radical (unpaired) electrons. The maximum atomic E-state index is 10.7. The normalized spacial score (nSPS) is 20.6. The Hall–Kier alpha value is -1.13. The van der Waals surface area contributed by atoms with Gasteiger partial charge in [0.2, 0.25) is 0 Å². The molecule has 0 bridgehead atoms. The Bertz CT molecular complexity index is 478. The van der Waals surface area contributed by atoms with E-state index in [1.165, 1.54) is 0 Å². The number of rotatable bonds is 3. The second-order valence-corrected chi connectivity index (χ2v) is 6.14. The highest BCUT2D eigenvalue weighted by molar-refractivity contribution is 6.62. The lowest BCUT2D eigenvalue weighted by molar-refractivity contribution is -0.107. The number of carbonyl (C=O) groups excluding carboxylic acids is 1. The summed E-state index contributed by atoms with van der Waals surface area (Å²) in [4.78, 5) is 10.7. The number of aryl methyl sites for hydroxylation is 1. The molecule has 0 atom stereocenters. The molecule has 1 aromatic rings. The average molecular weight is 260 g/mol. The maximum absolute atomic E-state index is 10.7. The van der Waals surface area contributed by atoms with E-state index in [1.54, 1.807) is 0 Å². The van der Waals surface area contributed by atoms with Crippen molar-refractivity contribution < 1.29 is 14.1 Å². The fourth-order valence-electron chi connectivity index (χ4n) is 2.13. The van der Waals surface area contributed by atoms with Crippen LogP contribution in [0.3, 0.4) is 0 Å². The Morgan fingerprint density at radius 1 is 1.16 bits per heavy atom. The van der Waals surface area contributed by atoms with Crippen LogP contribution in [-0.4, -0.2) is 24.6 Å². The zero-order valence-electron chi connectivity index (χ0n) is 12.3. The van der Waals surface area contributed by atoms with Gasteiger partial charge in [-0.25, -0.2) is 0 Å². The third kappa shape index (κ3) is 2.60. The Balaban J connectivity index is 2.29. The molecule has 1 aliphatic heterocycles. The summed E-state index contributed by atoms with van der Waals surface area (Å²) in [6.07, 6.45) is 1.36. The SMILES string of the molecule is Cc1ccc(B2OC(C)(C)C(C)(C)O2)cc1CC=O. The largest absolute Gasteiger partial charge is 0.494 e. The zero-order valence-corrected chi connectivity index (χ0v) is 12.3. The van der Waals surface area contributed by atoms with E-state index in [1.807, 2.05) is 52.8 Å². The lowest BCUT2D eigenvalue weighted by Crippen LogP contribution is -2.41. The van der Waals surface area contributed by atoms with Crippen LogP contribution < -0.4 is 5.46 Å². The van der Waals surface area contributed by atoms with Crippen LogP contribution in [0.25, 0.3) is 0 Å². The van der Waals surface area contributed by atoms with Crippen molar-refractivity contribution in [3.05, 3.63) is 29.3 Å². The summed E-state index contributed by atoms with van der Waals surface area (Å²) in [5, 5.41) is 0. The molecule has 1 heterocycles. The van der Waals surface area contributed by atoms with Gasteiger partial charge in [-0.1, -0.05) is 18.2 Å². The van der Waals surface area contributed by atoms with E-state index < -0.39 is 0 Å². The van der Waals surface area contributed by atoms with Crippen LogP contribution in [0, 0.1) is 6.92 Å². The minimum Gasteiger partial charge on any atom is -0.399 e. The van der Waals surface area contributed by atoms with Gasteiger partial charge >= 0.3 is 7.12 Å². The van der Waals surface area contributed by atoms with Crippen LogP contribution >= 0.6 is 0 Å². The van der Waals surface area contributed by atoms with E-state index in [-0.39, 0.29) is 18.3 Å². The summed E-state index contributed by atoms with van der Waals surface area (Å²) in [6, 6.07) is 6.02. The van der Waals surface area contributed by atoms with Crippen molar-refractivity contribution in [2.24, 2.45) is 0 Å². The Morgan fingerprint density at radius 2 is 1.74 bits per heavy atom. The molecular formula is C15H21BO3. The molecular weight excluding hydrogens is 239 g/mol. The predicted octanol–water partition coefficient (Wildman–Crippen LogP) is 2.04. The monoisotopic (exact) mass is 260 g/mol. The smallest absolute Gasteiger partial charge is 0.399 e. The second kappa shape index (κ2) is 4.76. The van der Waals surface area contributed by atoms with Gasteiger partial charge in [0.05, 0.1) is 11.2 Å². The first-order valence-corrected chi connectivity index (χ1v) is 6.65. The number of benzene rings is 1. The molecule has 3 nitrogen and oxygen atoms in total. The van der Waals surface area contributed by atoms with Gasteiger partial charge in [-0.3, -0.25) is 0 Å². The Labute approximate surface area is 115 Å². The van der Waals surface area contributed by atoms with E-state index >= 15 is 0 Å². The first-order valence-electron chi connectivity index (χ1n) is 6.65. The van der Waals surface area contributed by atoms with Crippen LogP contribution in [0.4, 0.5) is 0 Å². The van der Waals surface area contributed by atoms with Gasteiger partial charge in [0, 0.05) is 6.42 Å².